The standard InChI is InChI=1S/C42H60N6O2/c1-25(2)41(11,12)37(49)47-33(39(5,6)7)35-43-23-31(45-35)29-19-15-27(16-20-29)28-17-21-30(22-18-28)32-24-44-36(46-32)34(40(8,9)10)48-38(50)42(13,14)26(3)4/h15-26,33-34H,1-14H3,(H,43,45)(H,44,46)(H,47,49)(H,48,50)/t33-,34?/m1/s1. The Morgan fingerprint density at radius 1 is 0.520 bits per heavy atom. The molecule has 2 heterocycles. The van der Waals surface area contributed by atoms with Crippen molar-refractivity contribution in [1.29, 1.82) is 0 Å². The van der Waals surface area contributed by atoms with Crippen LogP contribution in [0.15, 0.2) is 60.9 Å². The molecule has 0 bridgehead atoms. The molecule has 4 N–H and O–H groups in total. The second kappa shape index (κ2) is 14.2. The van der Waals surface area contributed by atoms with Gasteiger partial charge in [0.1, 0.15) is 11.6 Å². The van der Waals surface area contributed by atoms with Crippen molar-refractivity contribution in [2.75, 3.05) is 0 Å². The highest BCUT2D eigenvalue weighted by atomic mass is 16.2. The van der Waals surface area contributed by atoms with Crippen LogP contribution in [0.4, 0.5) is 0 Å². The summed E-state index contributed by atoms with van der Waals surface area (Å²) >= 11 is 0. The molecule has 0 saturated heterocycles. The first kappa shape index (κ1) is 38.6. The molecule has 4 aromatic rings. The van der Waals surface area contributed by atoms with Gasteiger partial charge in [-0.2, -0.15) is 0 Å². The Labute approximate surface area is 300 Å². The monoisotopic (exact) mass is 680 g/mol. The summed E-state index contributed by atoms with van der Waals surface area (Å²) in [5.41, 5.74) is 4.60. The lowest BCUT2D eigenvalue weighted by Crippen LogP contribution is -2.45. The van der Waals surface area contributed by atoms with E-state index >= 15 is 0 Å². The maximum Gasteiger partial charge on any atom is 0.226 e. The molecule has 0 saturated carbocycles. The fraction of sp³-hybridized carbons (Fsp3) is 0.524. The molecule has 50 heavy (non-hydrogen) atoms. The molecule has 8 heteroatoms. The number of aromatic amines is 2. The maximum absolute atomic E-state index is 13.3. The lowest BCUT2D eigenvalue weighted by molar-refractivity contribution is -0.134. The van der Waals surface area contributed by atoms with Crippen molar-refractivity contribution in [2.24, 2.45) is 33.5 Å². The molecule has 0 aliphatic rings. The van der Waals surface area contributed by atoms with Crippen LogP contribution in [0.5, 0.6) is 0 Å². The molecule has 0 spiro atoms. The summed E-state index contributed by atoms with van der Waals surface area (Å²) in [4.78, 5) is 42.9. The van der Waals surface area contributed by atoms with E-state index in [-0.39, 0.29) is 46.6 Å². The SMILES string of the molecule is CC(C)C(C)(C)C(=O)NC(c1ncc(-c2ccc(-c3ccc(-c4cnc([C@@H](NC(=O)C(C)(C)C(C)C)C(C)(C)C)[nH]4)cc3)cc2)[nH]1)C(C)(C)C. The van der Waals surface area contributed by atoms with E-state index in [0.717, 1.165) is 45.3 Å². The van der Waals surface area contributed by atoms with Gasteiger partial charge in [0, 0.05) is 10.8 Å². The molecule has 0 aliphatic carbocycles. The van der Waals surface area contributed by atoms with Crippen molar-refractivity contribution in [2.45, 2.75) is 109 Å². The minimum absolute atomic E-state index is 0.0255. The molecular formula is C42H60N6O2. The summed E-state index contributed by atoms with van der Waals surface area (Å²) in [7, 11) is 0. The Kier molecular flexibility index (Phi) is 11.0. The van der Waals surface area contributed by atoms with Crippen LogP contribution in [0, 0.1) is 33.5 Å². The second-order valence-electron chi connectivity index (χ2n) is 17.8. The number of H-pyrrole nitrogens is 2. The zero-order valence-electron chi connectivity index (χ0n) is 32.8. The minimum atomic E-state index is -0.493. The molecule has 2 aromatic heterocycles. The molecule has 0 aliphatic heterocycles. The summed E-state index contributed by atoms with van der Waals surface area (Å²) in [6, 6.07) is 16.3. The van der Waals surface area contributed by atoms with E-state index in [1.165, 1.54) is 0 Å². The van der Waals surface area contributed by atoms with Crippen molar-refractivity contribution in [3.63, 3.8) is 0 Å². The van der Waals surface area contributed by atoms with E-state index in [4.69, 9.17) is 9.97 Å². The van der Waals surface area contributed by atoms with Crippen LogP contribution in [0.1, 0.15) is 121 Å². The fourth-order valence-electron chi connectivity index (χ4n) is 5.49. The van der Waals surface area contributed by atoms with Crippen molar-refractivity contribution in [3.8, 4) is 33.6 Å². The summed E-state index contributed by atoms with van der Waals surface area (Å²) in [5.74, 6) is 1.96. The van der Waals surface area contributed by atoms with E-state index in [9.17, 15) is 9.59 Å². The molecular weight excluding hydrogens is 621 g/mol. The van der Waals surface area contributed by atoms with Crippen LogP contribution in [-0.4, -0.2) is 31.8 Å². The number of benzene rings is 2. The van der Waals surface area contributed by atoms with Crippen LogP contribution in [0.3, 0.4) is 0 Å². The summed E-state index contributed by atoms with van der Waals surface area (Å²) < 4.78 is 0. The highest BCUT2D eigenvalue weighted by Gasteiger charge is 2.38. The van der Waals surface area contributed by atoms with E-state index in [0.29, 0.717) is 0 Å². The van der Waals surface area contributed by atoms with E-state index in [2.05, 4.69) is 138 Å². The predicted molar refractivity (Wildman–Crippen MR) is 205 cm³/mol. The molecule has 4 rings (SSSR count). The Balaban J connectivity index is 1.50. The van der Waals surface area contributed by atoms with Crippen LogP contribution >= 0.6 is 0 Å². The average Bonchev–Trinajstić information content (AvgIpc) is 3.72. The number of nitrogens with one attached hydrogen (secondary N) is 4. The molecule has 0 fully saturated rings. The van der Waals surface area contributed by atoms with Crippen molar-refractivity contribution >= 4 is 11.8 Å². The first-order chi connectivity index (χ1) is 23.0. The number of nitrogens with zero attached hydrogens (tertiary/aromatic N) is 2. The van der Waals surface area contributed by atoms with Gasteiger partial charge in [-0.05, 0) is 44.9 Å². The molecule has 2 aromatic carbocycles. The largest absolute Gasteiger partial charge is 0.345 e. The van der Waals surface area contributed by atoms with Crippen LogP contribution in [0.2, 0.25) is 0 Å². The molecule has 2 atom stereocenters. The average molecular weight is 681 g/mol. The first-order valence-corrected chi connectivity index (χ1v) is 18.0. The number of carbonyl (C=O) groups excluding carboxylic acids is 2. The van der Waals surface area contributed by atoms with Gasteiger partial charge < -0.3 is 20.6 Å². The van der Waals surface area contributed by atoms with Gasteiger partial charge in [-0.3, -0.25) is 9.59 Å². The number of hydrogen-bond acceptors (Lipinski definition) is 4. The topological polar surface area (TPSA) is 116 Å². The van der Waals surface area contributed by atoms with E-state index < -0.39 is 10.8 Å². The van der Waals surface area contributed by atoms with E-state index in [1.54, 1.807) is 0 Å². The summed E-state index contributed by atoms with van der Waals surface area (Å²) in [6.07, 6.45) is 3.69. The zero-order valence-corrected chi connectivity index (χ0v) is 32.8. The summed E-state index contributed by atoms with van der Waals surface area (Å²) in [6.45, 7) is 29.0. The lowest BCUT2D eigenvalue weighted by Gasteiger charge is -2.35. The number of aromatic nitrogens is 4. The third-order valence-electron chi connectivity index (χ3n) is 10.8. The molecule has 1 unspecified atom stereocenters. The third-order valence-corrected chi connectivity index (χ3v) is 10.8. The number of amides is 2. The van der Waals surface area contributed by atoms with Gasteiger partial charge in [0.05, 0.1) is 35.9 Å². The number of imidazole rings is 2. The number of hydrogen-bond donors (Lipinski definition) is 4. The van der Waals surface area contributed by atoms with Gasteiger partial charge in [-0.15, -0.1) is 0 Å². The molecule has 270 valence electrons. The van der Waals surface area contributed by atoms with Gasteiger partial charge in [-0.25, -0.2) is 9.97 Å². The van der Waals surface area contributed by atoms with Crippen molar-refractivity contribution in [1.82, 2.24) is 30.6 Å². The summed E-state index contributed by atoms with van der Waals surface area (Å²) in [5, 5.41) is 6.56. The van der Waals surface area contributed by atoms with Gasteiger partial charge in [0.2, 0.25) is 11.8 Å². The molecule has 0 radical (unpaired) electrons. The second-order valence-corrected chi connectivity index (χ2v) is 17.8. The Bertz CT molecular complexity index is 1630. The van der Waals surface area contributed by atoms with Crippen molar-refractivity contribution < 1.29 is 9.59 Å². The molecule has 8 nitrogen and oxygen atoms in total. The molecule has 2 amide bonds. The third kappa shape index (κ3) is 8.39. The normalized spacial score (nSPS) is 14.2. The van der Waals surface area contributed by atoms with Crippen LogP contribution in [-0.2, 0) is 9.59 Å². The maximum atomic E-state index is 13.3. The lowest BCUT2D eigenvalue weighted by atomic mass is 9.79. The van der Waals surface area contributed by atoms with Gasteiger partial charge in [0.15, 0.2) is 0 Å². The number of carbonyl (C=O) groups is 2. The Morgan fingerprint density at radius 2 is 0.800 bits per heavy atom. The highest BCUT2D eigenvalue weighted by molar-refractivity contribution is 5.83. The van der Waals surface area contributed by atoms with Crippen molar-refractivity contribution in [3.05, 3.63) is 72.6 Å². The number of rotatable bonds is 11. The first-order valence-electron chi connectivity index (χ1n) is 18.0. The smallest absolute Gasteiger partial charge is 0.226 e. The predicted octanol–water partition coefficient (Wildman–Crippen LogP) is 9.90. The van der Waals surface area contributed by atoms with Gasteiger partial charge in [0.25, 0.3) is 0 Å². The van der Waals surface area contributed by atoms with Crippen LogP contribution in [0.25, 0.3) is 33.6 Å². The highest BCUT2D eigenvalue weighted by Crippen LogP contribution is 2.37. The quantitative estimate of drug-likeness (QED) is 0.126. The van der Waals surface area contributed by atoms with Crippen LogP contribution < -0.4 is 10.6 Å². The van der Waals surface area contributed by atoms with Gasteiger partial charge in [-0.1, -0.05) is 145 Å². The zero-order chi connectivity index (χ0) is 37.4. The minimum Gasteiger partial charge on any atom is -0.345 e. The van der Waals surface area contributed by atoms with Gasteiger partial charge >= 0.3 is 0 Å². The fourth-order valence-corrected chi connectivity index (χ4v) is 5.49. The Morgan fingerprint density at radius 3 is 1.06 bits per heavy atom. The Hall–Kier alpha value is -4.20. The van der Waals surface area contributed by atoms with E-state index in [1.807, 2.05) is 40.1 Å².